The number of unbranched alkanes of at least 4 members (excludes halogenated alkanes) is 3. The molecule has 1 aromatic rings. The quantitative estimate of drug-likeness (QED) is 0.424. The second kappa shape index (κ2) is 11.0. The van der Waals surface area contributed by atoms with Gasteiger partial charge in [0.1, 0.15) is 11.9 Å². The van der Waals surface area contributed by atoms with Crippen molar-refractivity contribution in [2.45, 2.75) is 77.7 Å². The lowest BCUT2D eigenvalue weighted by Crippen LogP contribution is -2.21. The van der Waals surface area contributed by atoms with Crippen LogP contribution in [-0.4, -0.2) is 17.9 Å². The van der Waals surface area contributed by atoms with Crippen molar-refractivity contribution in [3.05, 3.63) is 35.9 Å². The monoisotopic (exact) mass is 318 g/mol. The van der Waals surface area contributed by atoms with E-state index in [0.717, 1.165) is 31.2 Å². The van der Waals surface area contributed by atoms with Crippen molar-refractivity contribution < 1.29 is 14.3 Å². The summed E-state index contributed by atoms with van der Waals surface area (Å²) in [4.78, 5) is 23.0. The minimum Gasteiger partial charge on any atom is -0.463 e. The number of ketones is 1. The van der Waals surface area contributed by atoms with Crippen molar-refractivity contribution in [3.8, 4) is 0 Å². The van der Waals surface area contributed by atoms with Gasteiger partial charge < -0.3 is 9.53 Å². The molecule has 0 aromatic heterocycles. The molecule has 1 aromatic carbocycles. The first-order valence-electron chi connectivity index (χ1n) is 8.74. The van der Waals surface area contributed by atoms with Gasteiger partial charge in [-0.15, -0.1) is 0 Å². The van der Waals surface area contributed by atoms with E-state index in [1.807, 2.05) is 18.2 Å². The smallest absolute Gasteiger partial charge is 0.302 e. The van der Waals surface area contributed by atoms with Crippen LogP contribution < -0.4 is 0 Å². The van der Waals surface area contributed by atoms with Gasteiger partial charge in [0.2, 0.25) is 0 Å². The molecule has 0 heterocycles. The SMILES string of the molecule is CCCCCCC(CC(CC(C)=O)c1ccccc1)OC(C)=O. The Hall–Kier alpha value is -1.64. The maximum Gasteiger partial charge on any atom is 0.302 e. The fourth-order valence-corrected chi connectivity index (χ4v) is 2.99. The zero-order chi connectivity index (χ0) is 17.1. The molecule has 128 valence electrons. The third-order valence-electron chi connectivity index (χ3n) is 4.06. The maximum atomic E-state index is 11.6. The first-order chi connectivity index (χ1) is 11.0. The van der Waals surface area contributed by atoms with Crippen LogP contribution >= 0.6 is 0 Å². The average Bonchev–Trinajstić information content (AvgIpc) is 2.50. The van der Waals surface area contributed by atoms with Gasteiger partial charge in [-0.2, -0.15) is 0 Å². The van der Waals surface area contributed by atoms with Crippen LogP contribution in [0.15, 0.2) is 30.3 Å². The van der Waals surface area contributed by atoms with Crippen LogP contribution in [0.2, 0.25) is 0 Å². The van der Waals surface area contributed by atoms with Gasteiger partial charge in [0, 0.05) is 13.3 Å². The molecule has 3 heteroatoms. The van der Waals surface area contributed by atoms with Gasteiger partial charge in [-0.3, -0.25) is 4.79 Å². The topological polar surface area (TPSA) is 43.4 Å². The molecule has 0 aliphatic carbocycles. The van der Waals surface area contributed by atoms with E-state index in [2.05, 4.69) is 19.1 Å². The van der Waals surface area contributed by atoms with Crippen molar-refractivity contribution in [1.29, 1.82) is 0 Å². The van der Waals surface area contributed by atoms with Crippen molar-refractivity contribution >= 4 is 11.8 Å². The molecule has 0 saturated carbocycles. The van der Waals surface area contributed by atoms with Gasteiger partial charge in [0.25, 0.3) is 0 Å². The second-order valence-electron chi connectivity index (χ2n) is 6.33. The summed E-state index contributed by atoms with van der Waals surface area (Å²) in [5.41, 5.74) is 1.15. The van der Waals surface area contributed by atoms with Gasteiger partial charge in [-0.05, 0) is 37.7 Å². The molecular formula is C20H30O3. The number of benzene rings is 1. The minimum atomic E-state index is -0.236. The number of carbonyl (C=O) groups excluding carboxylic acids is 2. The van der Waals surface area contributed by atoms with E-state index in [-0.39, 0.29) is 23.8 Å². The predicted octanol–water partition coefficient (Wildman–Crippen LogP) is 5.04. The predicted molar refractivity (Wildman–Crippen MR) is 93.4 cm³/mol. The summed E-state index contributed by atoms with van der Waals surface area (Å²) >= 11 is 0. The molecule has 2 unspecified atom stereocenters. The number of carbonyl (C=O) groups is 2. The van der Waals surface area contributed by atoms with Gasteiger partial charge in [-0.25, -0.2) is 0 Å². The van der Waals surface area contributed by atoms with Crippen molar-refractivity contribution in [2.24, 2.45) is 0 Å². The molecule has 0 N–H and O–H groups in total. The first kappa shape index (κ1) is 19.4. The number of Topliss-reactive ketones (excluding diaryl/α,β-unsaturated/α-hetero) is 1. The Balaban J connectivity index is 2.73. The lowest BCUT2D eigenvalue weighted by atomic mass is 9.87. The summed E-state index contributed by atoms with van der Waals surface area (Å²) < 4.78 is 5.51. The lowest BCUT2D eigenvalue weighted by molar-refractivity contribution is -0.147. The van der Waals surface area contributed by atoms with E-state index in [1.54, 1.807) is 6.92 Å². The van der Waals surface area contributed by atoms with Gasteiger partial charge in [0.15, 0.2) is 0 Å². The van der Waals surface area contributed by atoms with Crippen LogP contribution in [-0.2, 0) is 14.3 Å². The highest BCUT2D eigenvalue weighted by Gasteiger charge is 2.21. The third kappa shape index (κ3) is 8.53. The minimum absolute atomic E-state index is 0.103. The van der Waals surface area contributed by atoms with Crippen LogP contribution in [0.5, 0.6) is 0 Å². The third-order valence-corrected chi connectivity index (χ3v) is 4.06. The van der Waals surface area contributed by atoms with Crippen molar-refractivity contribution in [3.63, 3.8) is 0 Å². The van der Waals surface area contributed by atoms with Crippen LogP contribution in [0.1, 0.15) is 77.2 Å². The number of hydrogen-bond donors (Lipinski definition) is 0. The molecule has 0 saturated heterocycles. The first-order valence-corrected chi connectivity index (χ1v) is 8.74. The number of rotatable bonds is 11. The number of ether oxygens (including phenoxy) is 1. The molecule has 2 atom stereocenters. The highest BCUT2D eigenvalue weighted by atomic mass is 16.5. The summed E-state index contributed by atoms with van der Waals surface area (Å²) in [6.45, 7) is 5.27. The fraction of sp³-hybridized carbons (Fsp3) is 0.600. The van der Waals surface area contributed by atoms with Crippen LogP contribution in [0.25, 0.3) is 0 Å². The Bertz CT molecular complexity index is 467. The Morgan fingerprint density at radius 3 is 2.30 bits per heavy atom. The summed E-state index contributed by atoms with van der Waals surface area (Å²) in [6, 6.07) is 10.1. The highest BCUT2D eigenvalue weighted by molar-refractivity contribution is 5.76. The molecule has 0 spiro atoms. The standard InChI is InChI=1S/C20H30O3/c1-4-5-6-10-13-20(23-17(3)22)15-19(14-16(2)21)18-11-8-7-9-12-18/h7-9,11-12,19-20H,4-6,10,13-15H2,1-3H3. The van der Waals surface area contributed by atoms with E-state index < -0.39 is 0 Å². The van der Waals surface area contributed by atoms with Gasteiger partial charge in [-0.1, -0.05) is 56.5 Å². The summed E-state index contributed by atoms with van der Waals surface area (Å²) in [5.74, 6) is 0.0516. The molecule has 0 aliphatic rings. The Labute approximate surface area is 140 Å². The van der Waals surface area contributed by atoms with Gasteiger partial charge in [0.05, 0.1) is 0 Å². The maximum absolute atomic E-state index is 11.6. The van der Waals surface area contributed by atoms with E-state index in [1.165, 1.54) is 19.8 Å². The largest absolute Gasteiger partial charge is 0.463 e. The Morgan fingerprint density at radius 1 is 1.04 bits per heavy atom. The molecule has 0 aliphatic heterocycles. The lowest BCUT2D eigenvalue weighted by Gasteiger charge is -2.23. The van der Waals surface area contributed by atoms with Gasteiger partial charge >= 0.3 is 5.97 Å². The number of hydrogen-bond acceptors (Lipinski definition) is 3. The van der Waals surface area contributed by atoms with Crippen molar-refractivity contribution in [1.82, 2.24) is 0 Å². The molecule has 3 nitrogen and oxygen atoms in total. The molecule has 0 fully saturated rings. The molecule has 0 amide bonds. The zero-order valence-electron chi connectivity index (χ0n) is 14.7. The average molecular weight is 318 g/mol. The summed E-state index contributed by atoms with van der Waals surface area (Å²) in [6.07, 6.45) is 6.61. The second-order valence-corrected chi connectivity index (χ2v) is 6.33. The highest BCUT2D eigenvalue weighted by Crippen LogP contribution is 2.28. The fourth-order valence-electron chi connectivity index (χ4n) is 2.99. The zero-order valence-corrected chi connectivity index (χ0v) is 14.7. The summed E-state index contributed by atoms with van der Waals surface area (Å²) in [5, 5.41) is 0. The Morgan fingerprint density at radius 2 is 1.74 bits per heavy atom. The van der Waals surface area contributed by atoms with Crippen LogP contribution in [0, 0.1) is 0 Å². The van der Waals surface area contributed by atoms with E-state index in [0.29, 0.717) is 6.42 Å². The van der Waals surface area contributed by atoms with E-state index in [4.69, 9.17) is 4.74 Å². The molecule has 0 radical (unpaired) electrons. The molecule has 23 heavy (non-hydrogen) atoms. The van der Waals surface area contributed by atoms with Crippen LogP contribution in [0.4, 0.5) is 0 Å². The number of esters is 1. The molecular weight excluding hydrogens is 288 g/mol. The van der Waals surface area contributed by atoms with E-state index in [9.17, 15) is 9.59 Å². The normalized spacial score (nSPS) is 13.3. The van der Waals surface area contributed by atoms with Crippen molar-refractivity contribution in [2.75, 3.05) is 0 Å². The molecule has 1 rings (SSSR count). The van der Waals surface area contributed by atoms with Crippen LogP contribution in [0.3, 0.4) is 0 Å². The summed E-state index contributed by atoms with van der Waals surface area (Å²) in [7, 11) is 0. The molecule has 0 bridgehead atoms. The Kier molecular flexibility index (Phi) is 9.27. The van der Waals surface area contributed by atoms with E-state index >= 15 is 0 Å².